The minimum absolute atomic E-state index is 0.0430. The maximum absolute atomic E-state index is 13.3. The maximum Gasteiger partial charge on any atom is 0.248 e. The molecule has 0 spiro atoms. The number of hydrogen-bond acceptors (Lipinski definition) is 2. The number of alkyl halides is 2. The first-order chi connectivity index (χ1) is 8.46. The molecule has 1 aliphatic rings. The lowest BCUT2D eigenvalue weighted by Gasteiger charge is -2.28. The van der Waals surface area contributed by atoms with Crippen molar-refractivity contribution in [3.8, 4) is 0 Å². The largest absolute Gasteiger partial charge is 0.399 e. The van der Waals surface area contributed by atoms with Crippen molar-refractivity contribution in [2.24, 2.45) is 5.92 Å². The van der Waals surface area contributed by atoms with Gasteiger partial charge in [0.25, 0.3) is 0 Å². The first-order valence-electron chi connectivity index (χ1n) is 6.33. The summed E-state index contributed by atoms with van der Waals surface area (Å²) in [4.78, 5) is 1.11. The Morgan fingerprint density at radius 3 is 2.94 bits per heavy atom. The standard InChI is InChI=1S/C14H19F2NS/c1-10-4-5-12(17)7-13(10)18-9-11-3-2-6-14(15,16)8-11/h4-5,7,11H,2-3,6,8-9,17H2,1H3. The van der Waals surface area contributed by atoms with Crippen LogP contribution in [0.25, 0.3) is 0 Å². The molecule has 0 radical (unpaired) electrons. The molecule has 2 N–H and O–H groups in total. The molecule has 1 aliphatic carbocycles. The fraction of sp³-hybridized carbons (Fsp3) is 0.571. The molecular formula is C14H19F2NS. The van der Waals surface area contributed by atoms with E-state index in [4.69, 9.17) is 5.73 Å². The van der Waals surface area contributed by atoms with E-state index in [2.05, 4.69) is 0 Å². The Balaban J connectivity index is 1.93. The topological polar surface area (TPSA) is 26.0 Å². The number of hydrogen-bond donors (Lipinski definition) is 1. The van der Waals surface area contributed by atoms with Gasteiger partial charge in [0.2, 0.25) is 5.92 Å². The summed E-state index contributed by atoms with van der Waals surface area (Å²) < 4.78 is 26.6. The van der Waals surface area contributed by atoms with E-state index >= 15 is 0 Å². The molecule has 1 aromatic carbocycles. The zero-order valence-electron chi connectivity index (χ0n) is 10.6. The minimum Gasteiger partial charge on any atom is -0.399 e. The molecule has 1 unspecified atom stereocenters. The molecule has 0 aromatic heterocycles. The Labute approximate surface area is 111 Å². The Morgan fingerprint density at radius 1 is 1.44 bits per heavy atom. The van der Waals surface area contributed by atoms with Crippen molar-refractivity contribution < 1.29 is 8.78 Å². The molecule has 2 rings (SSSR count). The summed E-state index contributed by atoms with van der Waals surface area (Å²) in [6.07, 6.45) is 1.67. The molecule has 0 bridgehead atoms. The van der Waals surface area contributed by atoms with Gasteiger partial charge in [-0.3, -0.25) is 0 Å². The Kier molecular flexibility index (Phi) is 4.15. The van der Waals surface area contributed by atoms with Crippen molar-refractivity contribution in [1.82, 2.24) is 0 Å². The number of nitrogen functional groups attached to an aromatic ring is 1. The van der Waals surface area contributed by atoms with Crippen LogP contribution in [0, 0.1) is 12.8 Å². The van der Waals surface area contributed by atoms with Crippen LogP contribution in [0.2, 0.25) is 0 Å². The molecule has 1 saturated carbocycles. The van der Waals surface area contributed by atoms with Crippen LogP contribution in [0.3, 0.4) is 0 Å². The zero-order valence-corrected chi connectivity index (χ0v) is 11.4. The van der Waals surface area contributed by atoms with Crippen LogP contribution in [0.15, 0.2) is 23.1 Å². The summed E-state index contributed by atoms with van der Waals surface area (Å²) >= 11 is 1.66. The van der Waals surface area contributed by atoms with Gasteiger partial charge in [-0.05, 0) is 43.4 Å². The molecule has 1 atom stereocenters. The summed E-state index contributed by atoms with van der Waals surface area (Å²) in [5.41, 5.74) is 7.64. The van der Waals surface area contributed by atoms with Crippen molar-refractivity contribution in [3.05, 3.63) is 23.8 Å². The van der Waals surface area contributed by atoms with E-state index in [9.17, 15) is 8.78 Å². The van der Waals surface area contributed by atoms with E-state index in [1.807, 2.05) is 25.1 Å². The van der Waals surface area contributed by atoms with E-state index in [1.165, 1.54) is 0 Å². The Hall–Kier alpha value is -0.770. The van der Waals surface area contributed by atoms with Gasteiger partial charge in [0, 0.05) is 29.2 Å². The predicted octanol–water partition coefficient (Wildman–Crippen LogP) is 4.49. The third-order valence-electron chi connectivity index (χ3n) is 3.43. The van der Waals surface area contributed by atoms with Crippen LogP contribution in [0.1, 0.15) is 31.2 Å². The van der Waals surface area contributed by atoms with Crippen molar-refractivity contribution >= 4 is 17.4 Å². The highest BCUT2D eigenvalue weighted by molar-refractivity contribution is 7.99. The van der Waals surface area contributed by atoms with Gasteiger partial charge < -0.3 is 5.73 Å². The van der Waals surface area contributed by atoms with Crippen LogP contribution in [0.4, 0.5) is 14.5 Å². The van der Waals surface area contributed by atoms with Crippen LogP contribution in [-0.4, -0.2) is 11.7 Å². The molecule has 18 heavy (non-hydrogen) atoms. The SMILES string of the molecule is Cc1ccc(N)cc1SCC1CCCC(F)(F)C1. The first kappa shape index (κ1) is 13.7. The lowest BCUT2D eigenvalue weighted by Crippen LogP contribution is -2.27. The van der Waals surface area contributed by atoms with Crippen LogP contribution in [-0.2, 0) is 0 Å². The molecule has 1 fully saturated rings. The van der Waals surface area contributed by atoms with Gasteiger partial charge in [0.15, 0.2) is 0 Å². The summed E-state index contributed by atoms with van der Waals surface area (Å²) in [6, 6.07) is 5.78. The predicted molar refractivity (Wildman–Crippen MR) is 73.2 cm³/mol. The van der Waals surface area contributed by atoms with Crippen molar-refractivity contribution in [2.45, 2.75) is 43.4 Å². The molecule has 0 saturated heterocycles. The second kappa shape index (κ2) is 5.47. The third-order valence-corrected chi connectivity index (χ3v) is 4.82. The summed E-state index contributed by atoms with van der Waals surface area (Å²) in [6.45, 7) is 2.03. The number of halogens is 2. The van der Waals surface area contributed by atoms with Gasteiger partial charge >= 0.3 is 0 Å². The van der Waals surface area contributed by atoms with Gasteiger partial charge in [-0.25, -0.2) is 8.78 Å². The van der Waals surface area contributed by atoms with Gasteiger partial charge in [0.05, 0.1) is 0 Å². The highest BCUT2D eigenvalue weighted by atomic mass is 32.2. The quantitative estimate of drug-likeness (QED) is 0.647. The lowest BCUT2D eigenvalue weighted by molar-refractivity contribution is -0.0487. The average Bonchev–Trinajstić information content (AvgIpc) is 2.29. The molecule has 100 valence electrons. The molecule has 0 heterocycles. The zero-order chi connectivity index (χ0) is 13.2. The van der Waals surface area contributed by atoms with Gasteiger partial charge in [-0.1, -0.05) is 6.07 Å². The van der Waals surface area contributed by atoms with E-state index < -0.39 is 5.92 Å². The number of anilines is 1. The summed E-state index contributed by atoms with van der Waals surface area (Å²) in [5.74, 6) is -1.56. The third kappa shape index (κ3) is 3.61. The minimum atomic E-state index is -2.45. The number of thioether (sulfide) groups is 1. The molecule has 1 aromatic rings. The van der Waals surface area contributed by atoms with Gasteiger partial charge in [-0.2, -0.15) is 0 Å². The second-order valence-corrected chi connectivity index (χ2v) is 6.22. The van der Waals surface area contributed by atoms with Crippen molar-refractivity contribution in [1.29, 1.82) is 0 Å². The Morgan fingerprint density at radius 2 is 2.22 bits per heavy atom. The van der Waals surface area contributed by atoms with E-state index in [0.29, 0.717) is 6.42 Å². The summed E-state index contributed by atoms with van der Waals surface area (Å²) in [7, 11) is 0. The highest BCUT2D eigenvalue weighted by Gasteiger charge is 2.35. The average molecular weight is 271 g/mol. The van der Waals surface area contributed by atoms with Crippen molar-refractivity contribution in [3.63, 3.8) is 0 Å². The molecule has 0 aliphatic heterocycles. The Bertz CT molecular complexity index is 420. The van der Waals surface area contributed by atoms with E-state index in [0.717, 1.165) is 28.3 Å². The fourth-order valence-corrected chi connectivity index (χ4v) is 3.61. The smallest absolute Gasteiger partial charge is 0.248 e. The molecule has 0 amide bonds. The normalized spacial score (nSPS) is 22.9. The first-order valence-corrected chi connectivity index (χ1v) is 7.31. The molecular weight excluding hydrogens is 252 g/mol. The maximum atomic E-state index is 13.3. The van der Waals surface area contributed by atoms with E-state index in [1.54, 1.807) is 11.8 Å². The van der Waals surface area contributed by atoms with Gasteiger partial charge in [0.1, 0.15) is 0 Å². The molecule has 4 heteroatoms. The fourth-order valence-electron chi connectivity index (χ4n) is 2.40. The van der Waals surface area contributed by atoms with Crippen LogP contribution in [0.5, 0.6) is 0 Å². The lowest BCUT2D eigenvalue weighted by atomic mass is 9.88. The monoisotopic (exact) mass is 271 g/mol. The van der Waals surface area contributed by atoms with Crippen LogP contribution >= 0.6 is 11.8 Å². The van der Waals surface area contributed by atoms with Gasteiger partial charge in [-0.15, -0.1) is 11.8 Å². The second-order valence-electron chi connectivity index (χ2n) is 5.15. The number of benzene rings is 1. The molecule has 1 nitrogen and oxygen atoms in total. The van der Waals surface area contributed by atoms with Crippen LogP contribution < -0.4 is 5.73 Å². The number of rotatable bonds is 3. The van der Waals surface area contributed by atoms with E-state index in [-0.39, 0.29) is 18.8 Å². The van der Waals surface area contributed by atoms with Crippen molar-refractivity contribution in [2.75, 3.05) is 11.5 Å². The highest BCUT2D eigenvalue weighted by Crippen LogP contribution is 2.39. The summed E-state index contributed by atoms with van der Waals surface area (Å²) in [5, 5.41) is 0. The number of aryl methyl sites for hydroxylation is 1. The number of nitrogens with two attached hydrogens (primary N) is 1.